The number of unbranched alkanes of at least 4 members (excludes halogenated alkanes) is 3. The zero-order valence-corrected chi connectivity index (χ0v) is 13.6. The van der Waals surface area contributed by atoms with Crippen molar-refractivity contribution in [3.63, 3.8) is 0 Å². The van der Waals surface area contributed by atoms with Crippen LogP contribution in [0.2, 0.25) is 0 Å². The molecule has 2 N–H and O–H groups in total. The van der Waals surface area contributed by atoms with Gasteiger partial charge in [-0.15, -0.1) is 0 Å². The van der Waals surface area contributed by atoms with E-state index >= 15 is 0 Å². The van der Waals surface area contributed by atoms with E-state index in [1.807, 2.05) is 0 Å². The first-order valence-corrected chi connectivity index (χ1v) is 8.75. The molecule has 0 aromatic rings. The highest BCUT2D eigenvalue weighted by Crippen LogP contribution is 2.20. The van der Waals surface area contributed by atoms with Crippen molar-refractivity contribution in [2.45, 2.75) is 96.3 Å². The minimum absolute atomic E-state index is 0.366. The fourth-order valence-electron chi connectivity index (χ4n) is 2.85. The summed E-state index contributed by atoms with van der Waals surface area (Å²) in [7, 11) is 0. The van der Waals surface area contributed by atoms with Crippen LogP contribution in [-0.4, -0.2) is 36.5 Å². The third-order valence-electron chi connectivity index (χ3n) is 4.27. The molecule has 3 nitrogen and oxygen atoms in total. The van der Waals surface area contributed by atoms with E-state index in [1.54, 1.807) is 0 Å². The van der Waals surface area contributed by atoms with Gasteiger partial charge in [-0.3, -0.25) is 0 Å². The third-order valence-corrected chi connectivity index (χ3v) is 4.27. The molecule has 0 radical (unpaired) electrons. The van der Waals surface area contributed by atoms with E-state index in [0.717, 1.165) is 0 Å². The lowest BCUT2D eigenvalue weighted by molar-refractivity contribution is -0.0235. The first kappa shape index (κ1) is 17.9. The number of aliphatic hydroxyl groups is 1. The van der Waals surface area contributed by atoms with Crippen LogP contribution in [0.3, 0.4) is 0 Å². The molecule has 3 heteroatoms. The Labute approximate surface area is 125 Å². The Hall–Kier alpha value is -0.120. The molecule has 0 amide bonds. The Morgan fingerprint density at radius 3 is 2.60 bits per heavy atom. The van der Waals surface area contributed by atoms with Crippen LogP contribution in [0.1, 0.15) is 78.1 Å². The molecule has 0 saturated heterocycles. The van der Waals surface area contributed by atoms with Gasteiger partial charge in [0, 0.05) is 12.6 Å². The lowest BCUT2D eigenvalue weighted by atomic mass is 9.98. The molecule has 2 unspecified atom stereocenters. The zero-order valence-electron chi connectivity index (χ0n) is 13.6. The number of ether oxygens (including phenoxy) is 1. The monoisotopic (exact) mass is 285 g/mol. The largest absolute Gasteiger partial charge is 0.389 e. The van der Waals surface area contributed by atoms with Crippen molar-refractivity contribution in [1.82, 2.24) is 5.32 Å². The van der Waals surface area contributed by atoms with Crippen LogP contribution in [0.4, 0.5) is 0 Å². The van der Waals surface area contributed by atoms with Gasteiger partial charge >= 0.3 is 0 Å². The number of rotatable bonds is 11. The van der Waals surface area contributed by atoms with E-state index in [0.29, 0.717) is 25.3 Å². The van der Waals surface area contributed by atoms with Gasteiger partial charge in [-0.1, -0.05) is 51.9 Å². The van der Waals surface area contributed by atoms with Crippen molar-refractivity contribution < 1.29 is 9.84 Å². The molecule has 0 aliphatic heterocycles. The average molecular weight is 285 g/mol. The van der Waals surface area contributed by atoms with Gasteiger partial charge in [0.25, 0.3) is 0 Å². The Balaban J connectivity index is 1.96. The lowest BCUT2D eigenvalue weighted by Crippen LogP contribution is -2.37. The van der Waals surface area contributed by atoms with Crippen molar-refractivity contribution >= 4 is 0 Å². The summed E-state index contributed by atoms with van der Waals surface area (Å²) >= 11 is 0. The van der Waals surface area contributed by atoms with Crippen LogP contribution in [-0.2, 0) is 4.74 Å². The first-order valence-electron chi connectivity index (χ1n) is 8.75. The van der Waals surface area contributed by atoms with Crippen LogP contribution in [0, 0.1) is 0 Å². The molecule has 1 fully saturated rings. The number of hydrogen-bond donors (Lipinski definition) is 2. The Morgan fingerprint density at radius 2 is 1.90 bits per heavy atom. The maximum atomic E-state index is 9.95. The summed E-state index contributed by atoms with van der Waals surface area (Å²) in [5.74, 6) is 0. The van der Waals surface area contributed by atoms with Crippen molar-refractivity contribution in [3.8, 4) is 0 Å². The second-order valence-corrected chi connectivity index (χ2v) is 6.41. The van der Waals surface area contributed by atoms with Crippen molar-refractivity contribution in [3.05, 3.63) is 0 Å². The van der Waals surface area contributed by atoms with Gasteiger partial charge in [-0.05, 0) is 26.2 Å². The van der Waals surface area contributed by atoms with Crippen LogP contribution >= 0.6 is 0 Å². The van der Waals surface area contributed by atoms with Crippen LogP contribution in [0.25, 0.3) is 0 Å². The molecule has 0 heterocycles. The maximum Gasteiger partial charge on any atom is 0.0897 e. The summed E-state index contributed by atoms with van der Waals surface area (Å²) in [6, 6.07) is 0.496. The Bertz CT molecular complexity index is 217. The first-order chi connectivity index (χ1) is 9.72. The Morgan fingerprint density at radius 1 is 1.15 bits per heavy atom. The second-order valence-electron chi connectivity index (χ2n) is 6.41. The third kappa shape index (κ3) is 8.93. The second kappa shape index (κ2) is 11.5. The van der Waals surface area contributed by atoms with E-state index in [4.69, 9.17) is 4.74 Å². The molecule has 0 spiro atoms. The molecule has 1 rings (SSSR count). The lowest BCUT2D eigenvalue weighted by Gasteiger charge is -2.24. The standard InChI is InChI=1S/C17H35NO2/c1-3-4-5-7-10-15(2)18-13-16(19)14-20-17-11-8-6-9-12-17/h15-19H,3-14H2,1-2H3. The molecule has 20 heavy (non-hydrogen) atoms. The number of hydrogen-bond acceptors (Lipinski definition) is 3. The zero-order chi connectivity index (χ0) is 14.6. The van der Waals surface area contributed by atoms with E-state index in [-0.39, 0.29) is 6.10 Å². The quantitative estimate of drug-likeness (QED) is 0.569. The molecule has 0 bridgehead atoms. The molecular formula is C17H35NO2. The number of aliphatic hydroxyl groups excluding tert-OH is 1. The van der Waals surface area contributed by atoms with Gasteiger partial charge in [-0.2, -0.15) is 0 Å². The molecule has 1 aliphatic rings. The smallest absolute Gasteiger partial charge is 0.0897 e. The summed E-state index contributed by atoms with van der Waals surface area (Å²) in [5, 5.41) is 13.4. The average Bonchev–Trinajstić information content (AvgIpc) is 2.48. The summed E-state index contributed by atoms with van der Waals surface area (Å²) < 4.78 is 5.80. The fraction of sp³-hybridized carbons (Fsp3) is 1.00. The predicted molar refractivity (Wildman–Crippen MR) is 85.1 cm³/mol. The topological polar surface area (TPSA) is 41.5 Å². The highest BCUT2D eigenvalue weighted by molar-refractivity contribution is 4.68. The normalized spacial score (nSPS) is 19.9. The molecule has 0 aromatic carbocycles. The highest BCUT2D eigenvalue weighted by Gasteiger charge is 2.15. The van der Waals surface area contributed by atoms with Gasteiger partial charge < -0.3 is 15.2 Å². The minimum atomic E-state index is -0.366. The highest BCUT2D eigenvalue weighted by atomic mass is 16.5. The van der Waals surface area contributed by atoms with Crippen molar-refractivity contribution in [2.24, 2.45) is 0 Å². The van der Waals surface area contributed by atoms with Gasteiger partial charge in [-0.25, -0.2) is 0 Å². The van der Waals surface area contributed by atoms with E-state index in [9.17, 15) is 5.11 Å². The fourth-order valence-corrected chi connectivity index (χ4v) is 2.85. The van der Waals surface area contributed by atoms with E-state index < -0.39 is 0 Å². The van der Waals surface area contributed by atoms with Crippen LogP contribution < -0.4 is 5.32 Å². The molecule has 0 aromatic heterocycles. The van der Waals surface area contributed by atoms with Crippen molar-refractivity contribution in [1.29, 1.82) is 0 Å². The maximum absolute atomic E-state index is 9.95. The molecular weight excluding hydrogens is 250 g/mol. The van der Waals surface area contributed by atoms with Crippen LogP contribution in [0.5, 0.6) is 0 Å². The van der Waals surface area contributed by atoms with E-state index in [2.05, 4.69) is 19.2 Å². The van der Waals surface area contributed by atoms with Crippen molar-refractivity contribution in [2.75, 3.05) is 13.2 Å². The summed E-state index contributed by atoms with van der Waals surface area (Å²) in [6.45, 7) is 5.59. The van der Waals surface area contributed by atoms with Gasteiger partial charge in [0.15, 0.2) is 0 Å². The van der Waals surface area contributed by atoms with Gasteiger partial charge in [0.05, 0.1) is 18.8 Å². The minimum Gasteiger partial charge on any atom is -0.389 e. The molecule has 1 saturated carbocycles. The summed E-state index contributed by atoms with van der Waals surface area (Å²) in [5.41, 5.74) is 0. The number of nitrogens with one attached hydrogen (secondary N) is 1. The molecule has 1 aliphatic carbocycles. The SMILES string of the molecule is CCCCCCC(C)NCC(O)COC1CCCCC1. The summed E-state index contributed by atoms with van der Waals surface area (Å²) in [4.78, 5) is 0. The molecule has 120 valence electrons. The Kier molecular flexibility index (Phi) is 10.3. The van der Waals surface area contributed by atoms with Crippen LogP contribution in [0.15, 0.2) is 0 Å². The predicted octanol–water partition coefficient (Wildman–Crippen LogP) is 3.65. The summed E-state index contributed by atoms with van der Waals surface area (Å²) in [6.07, 6.45) is 12.7. The van der Waals surface area contributed by atoms with Gasteiger partial charge in [0.1, 0.15) is 0 Å². The molecule has 2 atom stereocenters. The van der Waals surface area contributed by atoms with E-state index in [1.165, 1.54) is 64.2 Å². The van der Waals surface area contributed by atoms with Gasteiger partial charge in [0.2, 0.25) is 0 Å².